The van der Waals surface area contributed by atoms with E-state index in [9.17, 15) is 0 Å². The largest absolute Gasteiger partial charge is 0.308 e. The Morgan fingerprint density at radius 2 is 1.67 bits per heavy atom. The summed E-state index contributed by atoms with van der Waals surface area (Å²) in [7, 11) is 0. The standard InChI is InChI=1S/C21H13BrN2/c22-15-8-10-19-18(12-15)21-17-6-2-1-4-14(17)7-9-20(21)24(19)16-5-3-11-23-13-16/h1-13H. The SMILES string of the molecule is Brc1ccc2c(c1)c1c3ccccc3ccc1n2-c1cccnc1. The lowest BCUT2D eigenvalue weighted by molar-refractivity contribution is 1.14. The van der Waals surface area contributed by atoms with Gasteiger partial charge in [-0.25, -0.2) is 0 Å². The molecule has 0 spiro atoms. The predicted molar refractivity (Wildman–Crippen MR) is 104 cm³/mol. The van der Waals surface area contributed by atoms with E-state index < -0.39 is 0 Å². The topological polar surface area (TPSA) is 17.8 Å². The average Bonchev–Trinajstić information content (AvgIpc) is 2.96. The van der Waals surface area contributed by atoms with Crippen LogP contribution in [0.1, 0.15) is 0 Å². The molecule has 0 radical (unpaired) electrons. The minimum Gasteiger partial charge on any atom is -0.308 e. The lowest BCUT2D eigenvalue weighted by atomic mass is 10.0. The zero-order valence-corrected chi connectivity index (χ0v) is 14.4. The van der Waals surface area contributed by atoms with Crippen molar-refractivity contribution in [3.63, 3.8) is 0 Å². The maximum absolute atomic E-state index is 4.30. The van der Waals surface area contributed by atoms with E-state index in [-0.39, 0.29) is 0 Å². The van der Waals surface area contributed by atoms with Crippen molar-refractivity contribution in [2.24, 2.45) is 0 Å². The average molecular weight is 373 g/mol. The second-order valence-corrected chi connectivity index (χ2v) is 6.80. The van der Waals surface area contributed by atoms with E-state index in [0.29, 0.717) is 0 Å². The fourth-order valence-electron chi connectivity index (χ4n) is 3.53. The van der Waals surface area contributed by atoms with Crippen molar-refractivity contribution in [3.8, 4) is 5.69 Å². The molecule has 114 valence electrons. The van der Waals surface area contributed by atoms with Crippen LogP contribution in [0.5, 0.6) is 0 Å². The highest BCUT2D eigenvalue weighted by Gasteiger charge is 2.14. The van der Waals surface area contributed by atoms with Crippen molar-refractivity contribution in [1.29, 1.82) is 0 Å². The van der Waals surface area contributed by atoms with Gasteiger partial charge in [-0.1, -0.05) is 46.3 Å². The molecule has 2 aromatic heterocycles. The van der Waals surface area contributed by atoms with E-state index in [1.165, 1.54) is 32.6 Å². The van der Waals surface area contributed by atoms with Gasteiger partial charge in [0.2, 0.25) is 0 Å². The van der Waals surface area contributed by atoms with Crippen molar-refractivity contribution >= 4 is 48.5 Å². The van der Waals surface area contributed by atoms with Gasteiger partial charge < -0.3 is 4.57 Å². The number of benzene rings is 3. The maximum atomic E-state index is 4.30. The summed E-state index contributed by atoms with van der Waals surface area (Å²) < 4.78 is 3.38. The summed E-state index contributed by atoms with van der Waals surface area (Å²) in [6.45, 7) is 0. The van der Waals surface area contributed by atoms with Crippen molar-refractivity contribution in [3.05, 3.63) is 83.6 Å². The van der Waals surface area contributed by atoms with Gasteiger partial charge in [-0.3, -0.25) is 4.98 Å². The highest BCUT2D eigenvalue weighted by Crippen LogP contribution is 2.37. The van der Waals surface area contributed by atoms with E-state index >= 15 is 0 Å². The van der Waals surface area contributed by atoms with E-state index in [1.807, 2.05) is 18.5 Å². The van der Waals surface area contributed by atoms with Gasteiger partial charge in [-0.05, 0) is 47.2 Å². The molecule has 5 aromatic rings. The fraction of sp³-hybridized carbons (Fsp3) is 0. The zero-order chi connectivity index (χ0) is 16.1. The second kappa shape index (κ2) is 5.18. The molecule has 2 nitrogen and oxygen atoms in total. The predicted octanol–water partition coefficient (Wildman–Crippen LogP) is 6.09. The van der Waals surface area contributed by atoms with Gasteiger partial charge in [-0.2, -0.15) is 0 Å². The third-order valence-corrected chi connectivity index (χ3v) is 5.01. The van der Waals surface area contributed by atoms with Crippen LogP contribution in [0.15, 0.2) is 83.6 Å². The summed E-state index contributed by atoms with van der Waals surface area (Å²) in [5.41, 5.74) is 3.47. The van der Waals surface area contributed by atoms with Crippen LogP contribution in [0, 0.1) is 0 Å². The van der Waals surface area contributed by atoms with Crippen molar-refractivity contribution in [2.75, 3.05) is 0 Å². The molecule has 24 heavy (non-hydrogen) atoms. The molecule has 0 atom stereocenters. The Bertz CT molecular complexity index is 1210. The Kier molecular flexibility index (Phi) is 2.97. The molecule has 3 heteroatoms. The van der Waals surface area contributed by atoms with E-state index in [2.05, 4.69) is 86.1 Å². The van der Waals surface area contributed by atoms with Gasteiger partial charge in [0.1, 0.15) is 0 Å². The van der Waals surface area contributed by atoms with Crippen LogP contribution in [-0.4, -0.2) is 9.55 Å². The molecule has 2 heterocycles. The lowest BCUT2D eigenvalue weighted by Crippen LogP contribution is -1.93. The number of aromatic nitrogens is 2. The van der Waals surface area contributed by atoms with Crippen LogP contribution in [0.25, 0.3) is 38.3 Å². The molecule has 0 fully saturated rings. The van der Waals surface area contributed by atoms with E-state index in [4.69, 9.17) is 0 Å². The Balaban J connectivity index is 2.07. The molecule has 0 amide bonds. The zero-order valence-electron chi connectivity index (χ0n) is 12.8. The Labute approximate surface area is 147 Å². The number of hydrogen-bond acceptors (Lipinski definition) is 1. The molecule has 0 unspecified atom stereocenters. The molecule has 0 aliphatic carbocycles. The minimum atomic E-state index is 1.08. The highest BCUT2D eigenvalue weighted by atomic mass is 79.9. The smallest absolute Gasteiger partial charge is 0.0645 e. The molecule has 5 rings (SSSR count). The van der Waals surface area contributed by atoms with Crippen molar-refractivity contribution in [1.82, 2.24) is 9.55 Å². The monoisotopic (exact) mass is 372 g/mol. The Morgan fingerprint density at radius 3 is 2.54 bits per heavy atom. The number of halogens is 1. The van der Waals surface area contributed by atoms with E-state index in [0.717, 1.165) is 10.2 Å². The van der Waals surface area contributed by atoms with Crippen LogP contribution < -0.4 is 0 Å². The molecular weight excluding hydrogens is 360 g/mol. The molecule has 0 bridgehead atoms. The van der Waals surface area contributed by atoms with Gasteiger partial charge in [0.25, 0.3) is 0 Å². The van der Waals surface area contributed by atoms with Crippen LogP contribution in [-0.2, 0) is 0 Å². The molecule has 0 saturated heterocycles. The van der Waals surface area contributed by atoms with Gasteiger partial charge in [-0.15, -0.1) is 0 Å². The van der Waals surface area contributed by atoms with E-state index in [1.54, 1.807) is 0 Å². The molecule has 0 N–H and O–H groups in total. The first-order valence-electron chi connectivity index (χ1n) is 7.85. The summed E-state index contributed by atoms with van der Waals surface area (Å²) >= 11 is 3.63. The van der Waals surface area contributed by atoms with Crippen LogP contribution in [0.4, 0.5) is 0 Å². The maximum Gasteiger partial charge on any atom is 0.0645 e. The minimum absolute atomic E-state index is 1.08. The highest BCUT2D eigenvalue weighted by molar-refractivity contribution is 9.10. The summed E-state index contributed by atoms with van der Waals surface area (Å²) in [6.07, 6.45) is 3.72. The number of rotatable bonds is 1. The second-order valence-electron chi connectivity index (χ2n) is 5.89. The van der Waals surface area contributed by atoms with Crippen LogP contribution in [0.3, 0.4) is 0 Å². The molecule has 0 saturated carbocycles. The third-order valence-electron chi connectivity index (χ3n) is 4.52. The first kappa shape index (κ1) is 13.8. The van der Waals surface area contributed by atoms with Gasteiger partial charge >= 0.3 is 0 Å². The lowest BCUT2D eigenvalue weighted by Gasteiger charge is -2.07. The van der Waals surface area contributed by atoms with Gasteiger partial charge in [0.05, 0.1) is 22.9 Å². The first-order valence-corrected chi connectivity index (χ1v) is 8.64. The van der Waals surface area contributed by atoms with Gasteiger partial charge in [0, 0.05) is 21.4 Å². The molecule has 3 aromatic carbocycles. The van der Waals surface area contributed by atoms with Crippen molar-refractivity contribution in [2.45, 2.75) is 0 Å². The number of nitrogens with zero attached hydrogens (tertiary/aromatic N) is 2. The Morgan fingerprint density at radius 1 is 0.792 bits per heavy atom. The van der Waals surface area contributed by atoms with Crippen LogP contribution in [0.2, 0.25) is 0 Å². The summed E-state index contributed by atoms with van der Waals surface area (Å²) in [5.74, 6) is 0. The number of hydrogen-bond donors (Lipinski definition) is 0. The van der Waals surface area contributed by atoms with Crippen molar-refractivity contribution < 1.29 is 0 Å². The number of fused-ring (bicyclic) bond motifs is 5. The third kappa shape index (κ3) is 1.91. The Hall–Kier alpha value is -2.65. The summed E-state index contributed by atoms with van der Waals surface area (Å²) in [4.78, 5) is 4.30. The van der Waals surface area contributed by atoms with Crippen LogP contribution >= 0.6 is 15.9 Å². The van der Waals surface area contributed by atoms with Gasteiger partial charge in [0.15, 0.2) is 0 Å². The molecule has 0 aliphatic rings. The number of pyridine rings is 1. The molecule has 0 aliphatic heterocycles. The normalized spacial score (nSPS) is 11.5. The summed E-state index contributed by atoms with van der Waals surface area (Å²) in [6, 6.07) is 23.5. The fourth-order valence-corrected chi connectivity index (χ4v) is 3.89. The summed E-state index contributed by atoms with van der Waals surface area (Å²) in [5, 5.41) is 5.07. The first-order chi connectivity index (χ1) is 11.8. The quantitative estimate of drug-likeness (QED) is 0.347. The molecular formula is C21H13BrN2.